The Labute approximate surface area is 210 Å². The number of H-pyrrole nitrogens is 1. The predicted octanol–water partition coefficient (Wildman–Crippen LogP) is 4.77. The summed E-state index contributed by atoms with van der Waals surface area (Å²) in [6.07, 6.45) is 5.06. The second-order valence-corrected chi connectivity index (χ2v) is 10.3. The van der Waals surface area contributed by atoms with Crippen LogP contribution in [0.5, 0.6) is 11.5 Å². The summed E-state index contributed by atoms with van der Waals surface area (Å²) in [5.74, 6) is 2.30. The van der Waals surface area contributed by atoms with E-state index in [1.54, 1.807) is 18.9 Å². The molecule has 0 aliphatic carbocycles. The van der Waals surface area contributed by atoms with Gasteiger partial charge in [-0.2, -0.15) is 5.10 Å². The first-order chi connectivity index (χ1) is 17.1. The second-order valence-electron chi connectivity index (χ2n) is 9.19. The predicted molar refractivity (Wildman–Crippen MR) is 139 cm³/mol. The standard InChI is InChI=1S/C27H32N4O3S/c1-18-23(16-28-30-18)19-5-7-24(26(15-19)35-12-11-31-9-3-4-10-31)29-27(32)21-13-20-14-22(33-2)6-8-25(20)34-17-21/h5-8,14-16,21H,3-4,9-13,17H2,1-2H3,(H,28,30)(H,29,32). The molecule has 1 aromatic heterocycles. The van der Waals surface area contributed by atoms with Gasteiger partial charge >= 0.3 is 0 Å². The number of carbonyl (C=O) groups is 1. The lowest BCUT2D eigenvalue weighted by molar-refractivity contribution is -0.121. The maximum absolute atomic E-state index is 13.3. The van der Waals surface area contributed by atoms with Gasteiger partial charge in [0.1, 0.15) is 18.1 Å². The Morgan fingerprint density at radius 3 is 2.89 bits per heavy atom. The number of nitrogens with one attached hydrogen (secondary N) is 2. The molecule has 1 fully saturated rings. The largest absolute Gasteiger partial charge is 0.497 e. The average molecular weight is 493 g/mol. The lowest BCUT2D eigenvalue weighted by atomic mass is 9.95. The Kier molecular flexibility index (Phi) is 7.29. The number of likely N-dealkylation sites (tertiary alicyclic amines) is 1. The summed E-state index contributed by atoms with van der Waals surface area (Å²) in [6.45, 7) is 5.82. The van der Waals surface area contributed by atoms with Crippen molar-refractivity contribution in [1.82, 2.24) is 15.1 Å². The van der Waals surface area contributed by atoms with Gasteiger partial charge in [-0.25, -0.2) is 0 Å². The molecule has 1 saturated heterocycles. The number of methoxy groups -OCH3 is 1. The highest BCUT2D eigenvalue weighted by molar-refractivity contribution is 7.99. The van der Waals surface area contributed by atoms with Gasteiger partial charge in [0.25, 0.3) is 0 Å². The van der Waals surface area contributed by atoms with E-state index in [0.29, 0.717) is 13.0 Å². The topological polar surface area (TPSA) is 79.5 Å². The lowest BCUT2D eigenvalue weighted by Crippen LogP contribution is -2.32. The lowest BCUT2D eigenvalue weighted by Gasteiger charge is -2.25. The number of rotatable bonds is 8. The molecular weight excluding hydrogens is 460 g/mol. The van der Waals surface area contributed by atoms with Crippen molar-refractivity contribution in [3.05, 3.63) is 53.9 Å². The van der Waals surface area contributed by atoms with E-state index in [-0.39, 0.29) is 11.8 Å². The van der Waals surface area contributed by atoms with Crippen LogP contribution in [0.2, 0.25) is 0 Å². The number of thioether (sulfide) groups is 1. The van der Waals surface area contributed by atoms with Crippen molar-refractivity contribution < 1.29 is 14.3 Å². The van der Waals surface area contributed by atoms with Crippen molar-refractivity contribution in [3.8, 4) is 22.6 Å². The zero-order valence-electron chi connectivity index (χ0n) is 20.3. The number of benzene rings is 2. The van der Waals surface area contributed by atoms with Gasteiger partial charge in [-0.1, -0.05) is 6.07 Å². The zero-order valence-corrected chi connectivity index (χ0v) is 21.1. The monoisotopic (exact) mass is 492 g/mol. The first-order valence-corrected chi connectivity index (χ1v) is 13.2. The van der Waals surface area contributed by atoms with E-state index in [1.165, 1.54) is 25.9 Å². The minimum Gasteiger partial charge on any atom is -0.497 e. The van der Waals surface area contributed by atoms with Gasteiger partial charge in [0.05, 0.1) is 24.9 Å². The molecule has 0 radical (unpaired) electrons. The Bertz CT molecular complexity index is 1190. The van der Waals surface area contributed by atoms with E-state index in [9.17, 15) is 4.79 Å². The fourth-order valence-electron chi connectivity index (χ4n) is 4.75. The Morgan fingerprint density at radius 1 is 1.26 bits per heavy atom. The SMILES string of the molecule is COc1ccc2c(c1)CC(C(=O)Nc1ccc(-c3cn[nH]c3C)cc1SCCN1CCCC1)CO2. The molecule has 1 atom stereocenters. The fraction of sp³-hybridized carbons (Fsp3) is 0.407. The van der Waals surface area contributed by atoms with Crippen LogP contribution >= 0.6 is 11.8 Å². The summed E-state index contributed by atoms with van der Waals surface area (Å²) in [5.41, 5.74) is 5.06. The number of carbonyl (C=O) groups excluding carboxylic acids is 1. The number of hydrogen-bond donors (Lipinski definition) is 2. The highest BCUT2D eigenvalue weighted by Gasteiger charge is 2.27. The van der Waals surface area contributed by atoms with Crippen molar-refractivity contribution in [1.29, 1.82) is 0 Å². The molecule has 35 heavy (non-hydrogen) atoms. The molecule has 184 valence electrons. The van der Waals surface area contributed by atoms with E-state index >= 15 is 0 Å². The minimum absolute atomic E-state index is 0.0212. The van der Waals surface area contributed by atoms with E-state index < -0.39 is 0 Å². The van der Waals surface area contributed by atoms with Gasteiger partial charge in [-0.15, -0.1) is 11.8 Å². The molecule has 1 amide bonds. The van der Waals surface area contributed by atoms with Crippen LogP contribution in [0.4, 0.5) is 5.69 Å². The van der Waals surface area contributed by atoms with Crippen LogP contribution in [-0.4, -0.2) is 60.1 Å². The minimum atomic E-state index is -0.257. The third kappa shape index (κ3) is 5.49. The Balaban J connectivity index is 1.32. The molecule has 2 aliphatic rings. The fourth-order valence-corrected chi connectivity index (χ4v) is 5.80. The number of fused-ring (bicyclic) bond motifs is 1. The molecule has 0 saturated carbocycles. The molecule has 0 spiro atoms. The number of nitrogens with zero attached hydrogens (tertiary/aromatic N) is 2. The van der Waals surface area contributed by atoms with Gasteiger partial charge in [0.2, 0.25) is 5.91 Å². The number of anilines is 1. The zero-order chi connectivity index (χ0) is 24.2. The first-order valence-electron chi connectivity index (χ1n) is 12.2. The summed E-state index contributed by atoms with van der Waals surface area (Å²) in [5, 5.41) is 10.4. The van der Waals surface area contributed by atoms with Gasteiger partial charge < -0.3 is 19.7 Å². The highest BCUT2D eigenvalue weighted by atomic mass is 32.2. The van der Waals surface area contributed by atoms with Gasteiger partial charge in [0.15, 0.2) is 0 Å². The van der Waals surface area contributed by atoms with E-state index in [0.717, 1.165) is 56.8 Å². The number of amides is 1. The maximum Gasteiger partial charge on any atom is 0.231 e. The molecule has 3 heterocycles. The maximum atomic E-state index is 13.3. The van der Waals surface area contributed by atoms with Crippen LogP contribution in [0.15, 0.2) is 47.5 Å². The second kappa shape index (κ2) is 10.7. The van der Waals surface area contributed by atoms with Crippen LogP contribution in [0, 0.1) is 12.8 Å². The van der Waals surface area contributed by atoms with Crippen molar-refractivity contribution >= 4 is 23.4 Å². The van der Waals surface area contributed by atoms with Gasteiger partial charge in [-0.05, 0) is 80.7 Å². The van der Waals surface area contributed by atoms with Gasteiger partial charge in [0, 0.05) is 28.5 Å². The van der Waals surface area contributed by atoms with Crippen molar-refractivity contribution in [2.75, 3.05) is 44.4 Å². The molecule has 5 rings (SSSR count). The van der Waals surface area contributed by atoms with E-state index in [1.807, 2.05) is 37.4 Å². The third-order valence-electron chi connectivity index (χ3n) is 6.79. The first kappa shape index (κ1) is 23.8. The van der Waals surface area contributed by atoms with Crippen LogP contribution in [0.25, 0.3) is 11.1 Å². The number of ether oxygens (including phenoxy) is 2. The normalized spacial score (nSPS) is 17.6. The third-order valence-corrected chi connectivity index (χ3v) is 7.82. The molecule has 2 N–H and O–H groups in total. The number of aromatic nitrogens is 2. The molecule has 7 nitrogen and oxygen atoms in total. The highest BCUT2D eigenvalue weighted by Crippen LogP contribution is 2.35. The number of aromatic amines is 1. The van der Waals surface area contributed by atoms with Crippen LogP contribution in [0.1, 0.15) is 24.1 Å². The molecular formula is C27H32N4O3S. The summed E-state index contributed by atoms with van der Waals surface area (Å²) < 4.78 is 11.2. The summed E-state index contributed by atoms with van der Waals surface area (Å²) in [7, 11) is 1.65. The Hall–Kier alpha value is -2.97. The van der Waals surface area contributed by atoms with E-state index in [4.69, 9.17) is 9.47 Å². The summed E-state index contributed by atoms with van der Waals surface area (Å²) >= 11 is 1.80. The van der Waals surface area contributed by atoms with Crippen molar-refractivity contribution in [3.63, 3.8) is 0 Å². The molecule has 1 unspecified atom stereocenters. The van der Waals surface area contributed by atoms with Crippen LogP contribution < -0.4 is 14.8 Å². The molecule has 2 aliphatic heterocycles. The van der Waals surface area contributed by atoms with Crippen molar-refractivity contribution in [2.24, 2.45) is 5.92 Å². The number of aryl methyl sites for hydroxylation is 1. The molecule has 8 heteroatoms. The molecule has 3 aromatic rings. The van der Waals surface area contributed by atoms with Crippen LogP contribution in [-0.2, 0) is 11.2 Å². The van der Waals surface area contributed by atoms with Gasteiger partial charge in [-0.3, -0.25) is 9.89 Å². The smallest absolute Gasteiger partial charge is 0.231 e. The Morgan fingerprint density at radius 2 is 2.11 bits per heavy atom. The van der Waals surface area contributed by atoms with Crippen molar-refractivity contribution in [2.45, 2.75) is 31.1 Å². The summed E-state index contributed by atoms with van der Waals surface area (Å²) in [6, 6.07) is 12.0. The van der Waals surface area contributed by atoms with Crippen LogP contribution in [0.3, 0.4) is 0 Å². The average Bonchev–Trinajstić information content (AvgIpc) is 3.56. The molecule has 0 bridgehead atoms. The van der Waals surface area contributed by atoms with E-state index in [2.05, 4.69) is 32.5 Å². The number of hydrogen-bond acceptors (Lipinski definition) is 6. The summed E-state index contributed by atoms with van der Waals surface area (Å²) in [4.78, 5) is 16.9. The quantitative estimate of drug-likeness (QED) is 0.441. The molecule has 2 aromatic carbocycles.